The minimum Gasteiger partial charge on any atom is -0.508 e. The van der Waals surface area contributed by atoms with Crippen molar-refractivity contribution in [1.29, 1.82) is 0 Å². The highest BCUT2D eigenvalue weighted by atomic mass is 16.4. The van der Waals surface area contributed by atoms with Crippen LogP contribution in [0.3, 0.4) is 0 Å². The summed E-state index contributed by atoms with van der Waals surface area (Å²) in [5, 5.41) is 63.9. The molecule has 384 valence electrons. The van der Waals surface area contributed by atoms with E-state index in [9.17, 15) is 73.5 Å². The number of carbonyl (C=O) groups is 10. The number of phenolic OH excluding ortho intramolecular Hbond substituents is 2. The van der Waals surface area contributed by atoms with Gasteiger partial charge in [-0.15, -0.1) is 0 Å². The molecule has 0 spiro atoms. The molecule has 27 heteroatoms. The standard InChI is InChI=1S/C43H62N12O15/c1-21(2)14-26(44)36(63)52-31(18-35(61)62)41(68)54-30(17-33(45)59)40(67)53-29(16-23-7-11-25(58)12-8-23)39(66)51-27(4-3-13-48-43(46)47)37(64)49-19-34(60)50-28(15-22-5-9-24(57)10-6-22)38(65)55-32(20-56)42(69)70/h5-12,21,26-32,56-58H,3-4,13-20,44H2,1-2H3,(H2,45,59)(H,49,64)(H,50,60)(H,51,66)(H,52,63)(H,53,67)(H,54,68)(H,55,65)(H,61,62)(H,69,70)(H4,46,47,48)/t26-,27-,28-,29-,30-,31-,32-/m0/s1. The van der Waals surface area contributed by atoms with E-state index in [-0.39, 0.29) is 62.0 Å². The Morgan fingerprint density at radius 3 is 1.49 bits per heavy atom. The van der Waals surface area contributed by atoms with Gasteiger partial charge in [0.15, 0.2) is 5.96 Å². The van der Waals surface area contributed by atoms with Gasteiger partial charge in [-0.2, -0.15) is 0 Å². The van der Waals surface area contributed by atoms with Gasteiger partial charge in [0.05, 0.1) is 32.0 Å². The molecule has 0 unspecified atom stereocenters. The Hall–Kier alpha value is -8.07. The molecule has 0 saturated carbocycles. The Morgan fingerprint density at radius 1 is 0.586 bits per heavy atom. The number of phenols is 2. The molecule has 0 heterocycles. The number of hydrogen-bond donors (Lipinski definition) is 16. The van der Waals surface area contributed by atoms with Crippen LogP contribution >= 0.6 is 0 Å². The van der Waals surface area contributed by atoms with Gasteiger partial charge >= 0.3 is 11.9 Å². The summed E-state index contributed by atoms with van der Waals surface area (Å²) in [5.74, 6) is -12.1. The van der Waals surface area contributed by atoms with E-state index in [1.54, 1.807) is 13.8 Å². The van der Waals surface area contributed by atoms with Crippen molar-refractivity contribution in [1.82, 2.24) is 37.2 Å². The van der Waals surface area contributed by atoms with Crippen molar-refractivity contribution in [2.24, 2.45) is 33.8 Å². The largest absolute Gasteiger partial charge is 0.508 e. The van der Waals surface area contributed by atoms with E-state index in [1.807, 2.05) is 0 Å². The smallest absolute Gasteiger partial charge is 0.328 e. The summed E-state index contributed by atoms with van der Waals surface area (Å²) >= 11 is 0. The molecular formula is C43H62N12O15. The first kappa shape index (κ1) is 58.1. The molecule has 0 radical (unpaired) electrons. The van der Waals surface area contributed by atoms with Crippen LogP contribution in [0.4, 0.5) is 0 Å². The van der Waals surface area contributed by atoms with Crippen LogP contribution in [0.25, 0.3) is 0 Å². The predicted molar refractivity (Wildman–Crippen MR) is 246 cm³/mol. The lowest BCUT2D eigenvalue weighted by atomic mass is 10.0. The second-order valence-corrected chi connectivity index (χ2v) is 16.4. The molecular weight excluding hydrogens is 925 g/mol. The molecule has 0 aliphatic heterocycles. The molecule has 2 aromatic carbocycles. The fraction of sp³-hybridized carbons (Fsp3) is 0.465. The zero-order valence-electron chi connectivity index (χ0n) is 38.4. The lowest BCUT2D eigenvalue weighted by molar-refractivity contribution is -0.143. The number of aromatic hydroxyl groups is 2. The summed E-state index contributed by atoms with van der Waals surface area (Å²) in [6, 6.07) is -0.361. The maximum absolute atomic E-state index is 14.2. The van der Waals surface area contributed by atoms with E-state index in [0.29, 0.717) is 11.1 Å². The summed E-state index contributed by atoms with van der Waals surface area (Å²) in [4.78, 5) is 134. The first-order valence-corrected chi connectivity index (χ1v) is 21.7. The van der Waals surface area contributed by atoms with E-state index in [2.05, 4.69) is 42.2 Å². The van der Waals surface area contributed by atoms with Crippen LogP contribution in [0.2, 0.25) is 0 Å². The van der Waals surface area contributed by atoms with Gasteiger partial charge in [0.2, 0.25) is 47.3 Å². The van der Waals surface area contributed by atoms with Gasteiger partial charge in [-0.05, 0) is 60.6 Å². The zero-order valence-corrected chi connectivity index (χ0v) is 38.4. The van der Waals surface area contributed by atoms with Crippen molar-refractivity contribution >= 4 is 65.2 Å². The monoisotopic (exact) mass is 986 g/mol. The van der Waals surface area contributed by atoms with Gasteiger partial charge in [0, 0.05) is 19.4 Å². The second kappa shape index (κ2) is 29.0. The molecule has 0 aliphatic rings. The van der Waals surface area contributed by atoms with Crippen molar-refractivity contribution < 1.29 is 73.5 Å². The Bertz CT molecular complexity index is 2190. The molecule has 70 heavy (non-hydrogen) atoms. The Morgan fingerprint density at radius 2 is 1.03 bits per heavy atom. The van der Waals surface area contributed by atoms with E-state index < -0.39 is 127 Å². The van der Waals surface area contributed by atoms with Gasteiger partial charge in [0.1, 0.15) is 47.8 Å². The molecule has 27 nitrogen and oxygen atoms in total. The number of benzene rings is 2. The number of rotatable bonds is 30. The molecule has 0 fully saturated rings. The molecule has 2 aromatic rings. The summed E-state index contributed by atoms with van der Waals surface area (Å²) in [6.07, 6.45) is -2.42. The number of carboxylic acids is 2. The van der Waals surface area contributed by atoms with Gasteiger partial charge < -0.3 is 85.7 Å². The highest BCUT2D eigenvalue weighted by Crippen LogP contribution is 2.14. The summed E-state index contributed by atoms with van der Waals surface area (Å²) < 4.78 is 0. The number of carboxylic acid groups (broad SMARTS) is 2. The predicted octanol–water partition coefficient (Wildman–Crippen LogP) is -5.24. The van der Waals surface area contributed by atoms with Gasteiger partial charge in [-0.3, -0.25) is 48.1 Å². The van der Waals surface area contributed by atoms with E-state index >= 15 is 0 Å². The third-order valence-electron chi connectivity index (χ3n) is 9.95. The van der Waals surface area contributed by atoms with Crippen molar-refractivity contribution in [3.63, 3.8) is 0 Å². The van der Waals surface area contributed by atoms with Crippen LogP contribution in [-0.2, 0) is 60.8 Å². The van der Waals surface area contributed by atoms with Gasteiger partial charge in [0.25, 0.3) is 0 Å². The number of hydrogen-bond acceptors (Lipinski definition) is 15. The number of aliphatic carboxylic acids is 2. The van der Waals surface area contributed by atoms with Gasteiger partial charge in [-0.25, -0.2) is 4.79 Å². The molecule has 0 bridgehead atoms. The van der Waals surface area contributed by atoms with Gasteiger partial charge in [-0.1, -0.05) is 38.1 Å². The number of primary amides is 1. The highest BCUT2D eigenvalue weighted by Gasteiger charge is 2.34. The number of amides is 8. The second-order valence-electron chi connectivity index (χ2n) is 16.4. The van der Waals surface area contributed by atoms with Crippen LogP contribution in [0, 0.1) is 5.92 Å². The minimum absolute atomic E-state index is 0.0448. The first-order valence-electron chi connectivity index (χ1n) is 21.7. The van der Waals surface area contributed by atoms with Crippen molar-refractivity contribution in [2.45, 2.75) is 101 Å². The van der Waals surface area contributed by atoms with Crippen molar-refractivity contribution in [3.05, 3.63) is 59.7 Å². The number of nitrogens with zero attached hydrogens (tertiary/aromatic N) is 1. The van der Waals surface area contributed by atoms with Crippen LogP contribution in [-0.4, -0.2) is 153 Å². The number of aliphatic hydroxyl groups is 1. The Kier molecular flexibility index (Phi) is 24.0. The maximum atomic E-state index is 14.2. The van der Waals surface area contributed by atoms with Crippen molar-refractivity contribution in [2.75, 3.05) is 19.7 Å². The average molecular weight is 987 g/mol. The first-order chi connectivity index (χ1) is 32.9. The van der Waals surface area contributed by atoms with E-state index in [4.69, 9.17) is 22.9 Å². The quantitative estimate of drug-likeness (QED) is 0.0198. The average Bonchev–Trinajstić information content (AvgIpc) is 3.27. The van der Waals surface area contributed by atoms with Crippen LogP contribution < -0.4 is 60.2 Å². The molecule has 0 aliphatic carbocycles. The molecule has 7 atom stereocenters. The Labute approximate surface area is 400 Å². The lowest BCUT2D eigenvalue weighted by Gasteiger charge is -2.26. The Balaban J connectivity index is 2.43. The normalized spacial score (nSPS) is 13.8. The number of guanidine groups is 1. The SMILES string of the molecule is CC(C)C[C@H](N)C(=O)N[C@@H](CC(=O)O)C(=O)N[C@@H](CC(N)=O)C(=O)N[C@@H](Cc1ccc(O)cc1)C(=O)N[C@@H](CCCN=C(N)N)C(=O)NCC(=O)N[C@@H](Cc1ccc(O)cc1)C(=O)N[C@@H](CO)C(=O)O. The lowest BCUT2D eigenvalue weighted by Crippen LogP contribution is -2.60. The van der Waals surface area contributed by atoms with Crippen molar-refractivity contribution in [3.8, 4) is 11.5 Å². The number of nitrogens with one attached hydrogen (secondary N) is 7. The third kappa shape index (κ3) is 21.7. The summed E-state index contributed by atoms with van der Waals surface area (Å²) in [6.45, 7) is 1.69. The van der Waals surface area contributed by atoms with Crippen LogP contribution in [0.1, 0.15) is 57.1 Å². The number of aliphatic imine (C=N–C) groups is 1. The number of carbonyl (C=O) groups excluding carboxylic acids is 8. The van der Waals surface area contributed by atoms with E-state index in [1.165, 1.54) is 48.5 Å². The molecule has 2 rings (SSSR count). The maximum Gasteiger partial charge on any atom is 0.328 e. The third-order valence-corrected chi connectivity index (χ3v) is 9.95. The summed E-state index contributed by atoms with van der Waals surface area (Å²) in [5.41, 5.74) is 22.9. The highest BCUT2D eigenvalue weighted by molar-refractivity contribution is 5.99. The molecule has 0 saturated heterocycles. The van der Waals surface area contributed by atoms with Crippen LogP contribution in [0.15, 0.2) is 53.5 Å². The minimum atomic E-state index is -1.87. The molecule has 8 amide bonds. The number of nitrogens with two attached hydrogens (primary N) is 4. The fourth-order valence-corrected chi connectivity index (χ4v) is 6.43. The topological polar surface area (TPSA) is 472 Å². The number of aliphatic hydroxyl groups excluding tert-OH is 1. The molecule has 0 aromatic heterocycles. The molecule has 20 N–H and O–H groups in total. The zero-order chi connectivity index (χ0) is 52.7. The van der Waals surface area contributed by atoms with E-state index in [0.717, 1.165) is 0 Å². The fourth-order valence-electron chi connectivity index (χ4n) is 6.43. The van der Waals surface area contributed by atoms with Crippen LogP contribution in [0.5, 0.6) is 11.5 Å². The summed E-state index contributed by atoms with van der Waals surface area (Å²) in [7, 11) is 0.